The summed E-state index contributed by atoms with van der Waals surface area (Å²) in [6.45, 7) is 5.61. The molecule has 42 heavy (non-hydrogen) atoms. The van der Waals surface area contributed by atoms with Crippen molar-refractivity contribution in [1.82, 2.24) is 19.6 Å². The quantitative estimate of drug-likeness (QED) is 0.324. The molecule has 0 aliphatic carbocycles. The minimum Gasteiger partial charge on any atom is -0.478 e. The van der Waals surface area contributed by atoms with Crippen molar-refractivity contribution in [2.75, 3.05) is 43.6 Å². The first-order valence-electron chi connectivity index (χ1n) is 14.4. The Kier molecular flexibility index (Phi) is 8.90. The van der Waals surface area contributed by atoms with E-state index >= 15 is 0 Å². The Morgan fingerprint density at radius 2 is 1.31 bits per heavy atom. The van der Waals surface area contributed by atoms with Gasteiger partial charge in [-0.1, -0.05) is 24.3 Å². The number of hydrogen-bond acceptors (Lipinski definition) is 7. The first kappa shape index (κ1) is 28.9. The third-order valence-corrected chi connectivity index (χ3v) is 7.71. The Morgan fingerprint density at radius 3 is 1.79 bits per heavy atom. The highest BCUT2D eigenvalue weighted by atomic mass is 16.5. The highest BCUT2D eigenvalue weighted by molar-refractivity contribution is 5.88. The number of rotatable bonds is 7. The van der Waals surface area contributed by atoms with Gasteiger partial charge in [-0.05, 0) is 67.0 Å². The first-order chi connectivity index (χ1) is 20.3. The lowest BCUT2D eigenvalue weighted by atomic mass is 10.00. The summed E-state index contributed by atoms with van der Waals surface area (Å²) in [6.07, 6.45) is 10.9. The number of benzene rings is 2. The highest BCUT2D eigenvalue weighted by Crippen LogP contribution is 2.28. The molecule has 0 saturated carbocycles. The normalized spacial score (nSPS) is 14.0. The topological polar surface area (TPSA) is 106 Å². The molecule has 0 amide bonds. The molecule has 0 radical (unpaired) electrons. The van der Waals surface area contributed by atoms with Crippen LogP contribution in [0.2, 0.25) is 0 Å². The number of aromatic carboxylic acids is 1. The number of carbonyl (C=O) groups excluding carboxylic acids is 1. The number of fused-ring (bicyclic) bond motifs is 2. The summed E-state index contributed by atoms with van der Waals surface area (Å²) in [6, 6.07) is 13.0. The Bertz CT molecular complexity index is 1560. The van der Waals surface area contributed by atoms with Gasteiger partial charge in [-0.15, -0.1) is 0 Å². The predicted octanol–water partition coefficient (Wildman–Crippen LogP) is 4.50. The second-order valence-electron chi connectivity index (χ2n) is 10.9. The van der Waals surface area contributed by atoms with Crippen molar-refractivity contribution in [2.24, 2.45) is 0 Å². The molecular formula is C32H38N6O4. The Balaban J connectivity index is 0.000000169. The van der Waals surface area contributed by atoms with Crippen LogP contribution in [0.5, 0.6) is 0 Å². The summed E-state index contributed by atoms with van der Waals surface area (Å²) < 4.78 is 8.42. The number of aromatic nitrogens is 4. The van der Waals surface area contributed by atoms with Crippen molar-refractivity contribution in [3.05, 3.63) is 94.6 Å². The molecule has 2 aromatic heterocycles. The van der Waals surface area contributed by atoms with Crippen LogP contribution in [0.4, 0.5) is 11.4 Å². The van der Waals surface area contributed by atoms with Crippen LogP contribution in [-0.4, -0.2) is 70.4 Å². The summed E-state index contributed by atoms with van der Waals surface area (Å²) in [5, 5.41) is 17.2. The summed E-state index contributed by atoms with van der Waals surface area (Å²) in [5.74, 6) is -1.26. The zero-order valence-electron chi connectivity index (χ0n) is 24.5. The molecule has 0 spiro atoms. The van der Waals surface area contributed by atoms with Gasteiger partial charge in [0.25, 0.3) is 0 Å². The average molecular weight is 571 g/mol. The Hall–Kier alpha value is -4.60. The number of carbonyl (C=O) groups is 2. The molecule has 0 bridgehead atoms. The smallest absolute Gasteiger partial charge is 0.341 e. The van der Waals surface area contributed by atoms with E-state index in [0.29, 0.717) is 25.3 Å². The number of anilines is 2. The molecule has 220 valence electrons. The fraction of sp³-hybridized carbons (Fsp3) is 0.375. The van der Waals surface area contributed by atoms with Gasteiger partial charge in [0.05, 0.1) is 43.2 Å². The fourth-order valence-electron chi connectivity index (χ4n) is 5.51. The van der Waals surface area contributed by atoms with E-state index in [4.69, 9.17) is 9.84 Å². The molecule has 0 fully saturated rings. The van der Waals surface area contributed by atoms with Gasteiger partial charge in [-0.25, -0.2) is 9.59 Å². The van der Waals surface area contributed by atoms with Gasteiger partial charge in [-0.3, -0.25) is 9.36 Å². The molecule has 4 aromatic rings. The van der Waals surface area contributed by atoms with Crippen LogP contribution in [0, 0.1) is 0 Å². The molecule has 10 nitrogen and oxygen atoms in total. The van der Waals surface area contributed by atoms with Gasteiger partial charge >= 0.3 is 11.9 Å². The SMILES string of the molecule is CCOC(=O)c1cnn(Cc2ccc3c(c2)N(C)CCC3)c1.CN1CCCc2ccc(Cn3cc(C(=O)O)cn3)cc21. The van der Waals surface area contributed by atoms with Crippen molar-refractivity contribution in [3.63, 3.8) is 0 Å². The Labute approximate surface area is 246 Å². The van der Waals surface area contributed by atoms with Crippen LogP contribution in [0.15, 0.2) is 61.2 Å². The van der Waals surface area contributed by atoms with Crippen LogP contribution >= 0.6 is 0 Å². The van der Waals surface area contributed by atoms with Crippen LogP contribution in [-0.2, 0) is 30.7 Å². The number of ether oxygens (including phenoxy) is 1. The summed E-state index contributed by atoms with van der Waals surface area (Å²) in [7, 11) is 4.24. The van der Waals surface area contributed by atoms with Gasteiger partial charge in [0.15, 0.2) is 0 Å². The van der Waals surface area contributed by atoms with Crippen LogP contribution < -0.4 is 9.80 Å². The standard InChI is InChI=1S/C17H21N3O2.C15H17N3O2/c1-3-22-17(21)15-10-18-20(12-15)11-13-6-7-14-5-4-8-19(2)16(14)9-13;1-17-6-2-3-12-5-4-11(7-14(12)17)9-18-10-13(8-16-18)15(19)20/h6-7,9-10,12H,3-5,8,11H2,1-2H3;4-5,7-8,10H,2-3,6,9H2,1H3,(H,19,20). The van der Waals surface area contributed by atoms with Crippen molar-refractivity contribution >= 4 is 23.3 Å². The molecule has 1 N–H and O–H groups in total. The van der Waals surface area contributed by atoms with E-state index in [9.17, 15) is 9.59 Å². The largest absolute Gasteiger partial charge is 0.478 e. The summed E-state index contributed by atoms with van der Waals surface area (Å²) >= 11 is 0. The van der Waals surface area contributed by atoms with Crippen molar-refractivity contribution in [3.8, 4) is 0 Å². The number of carboxylic acids is 1. The van der Waals surface area contributed by atoms with Crippen molar-refractivity contribution in [1.29, 1.82) is 0 Å². The number of hydrogen-bond donors (Lipinski definition) is 1. The minimum absolute atomic E-state index is 0.222. The zero-order chi connectivity index (χ0) is 29.6. The molecule has 4 heterocycles. The molecule has 0 unspecified atom stereocenters. The summed E-state index contributed by atoms with van der Waals surface area (Å²) in [4.78, 5) is 27.1. The monoisotopic (exact) mass is 570 g/mol. The maximum atomic E-state index is 11.7. The number of nitrogens with zero attached hydrogens (tertiary/aromatic N) is 6. The number of aryl methyl sites for hydroxylation is 2. The van der Waals surface area contributed by atoms with Gasteiger partial charge < -0.3 is 19.6 Å². The van der Waals surface area contributed by atoms with E-state index in [2.05, 4.69) is 70.5 Å². The van der Waals surface area contributed by atoms with Crippen LogP contribution in [0.1, 0.15) is 62.7 Å². The lowest BCUT2D eigenvalue weighted by Crippen LogP contribution is -2.24. The average Bonchev–Trinajstić information content (AvgIpc) is 3.65. The maximum absolute atomic E-state index is 11.7. The Morgan fingerprint density at radius 1 is 0.810 bits per heavy atom. The van der Waals surface area contributed by atoms with E-state index in [1.165, 1.54) is 47.1 Å². The van der Waals surface area contributed by atoms with E-state index in [1.807, 2.05) is 0 Å². The third kappa shape index (κ3) is 6.82. The third-order valence-electron chi connectivity index (χ3n) is 7.71. The van der Waals surface area contributed by atoms with Crippen molar-refractivity contribution < 1.29 is 19.4 Å². The minimum atomic E-state index is -0.943. The van der Waals surface area contributed by atoms with Gasteiger partial charge in [0.1, 0.15) is 0 Å². The van der Waals surface area contributed by atoms with Crippen molar-refractivity contribution in [2.45, 2.75) is 45.7 Å². The van der Waals surface area contributed by atoms with Gasteiger partial charge in [0, 0.05) is 51.0 Å². The van der Waals surface area contributed by atoms with E-state index < -0.39 is 5.97 Å². The summed E-state index contributed by atoms with van der Waals surface area (Å²) in [5.41, 5.74) is 8.42. The van der Waals surface area contributed by atoms with Crippen LogP contribution in [0.3, 0.4) is 0 Å². The fourth-order valence-corrected chi connectivity index (χ4v) is 5.51. The second kappa shape index (κ2) is 12.9. The molecule has 0 atom stereocenters. The van der Waals surface area contributed by atoms with E-state index in [1.54, 1.807) is 34.9 Å². The molecular weight excluding hydrogens is 532 g/mol. The molecule has 2 aromatic carbocycles. The number of carboxylic acid groups (broad SMARTS) is 1. The lowest BCUT2D eigenvalue weighted by Gasteiger charge is -2.28. The van der Waals surface area contributed by atoms with Crippen LogP contribution in [0.25, 0.3) is 0 Å². The zero-order valence-corrected chi connectivity index (χ0v) is 24.5. The lowest BCUT2D eigenvalue weighted by molar-refractivity contribution is 0.0525. The molecule has 2 aliphatic rings. The predicted molar refractivity (Wildman–Crippen MR) is 162 cm³/mol. The van der Waals surface area contributed by atoms with E-state index in [0.717, 1.165) is 31.5 Å². The molecule has 6 rings (SSSR count). The maximum Gasteiger partial charge on any atom is 0.341 e. The molecule has 2 aliphatic heterocycles. The van der Waals surface area contributed by atoms with Gasteiger partial charge in [-0.2, -0.15) is 10.2 Å². The molecule has 10 heteroatoms. The number of esters is 1. The highest BCUT2D eigenvalue weighted by Gasteiger charge is 2.16. The van der Waals surface area contributed by atoms with E-state index in [-0.39, 0.29) is 11.5 Å². The first-order valence-corrected chi connectivity index (χ1v) is 14.4. The molecule has 0 saturated heterocycles. The van der Waals surface area contributed by atoms with Gasteiger partial charge in [0.2, 0.25) is 0 Å². The second-order valence-corrected chi connectivity index (χ2v) is 10.9.